The van der Waals surface area contributed by atoms with Gasteiger partial charge in [-0.05, 0) is 56.2 Å². The number of benzene rings is 1. The predicted octanol–water partition coefficient (Wildman–Crippen LogP) is 3.29. The normalized spacial score (nSPS) is 17.7. The summed E-state index contributed by atoms with van der Waals surface area (Å²) in [6.45, 7) is 4.72. The fraction of sp³-hybridized carbons (Fsp3) is 0.600. The van der Waals surface area contributed by atoms with Gasteiger partial charge < -0.3 is 15.0 Å². The van der Waals surface area contributed by atoms with E-state index in [9.17, 15) is 9.18 Å². The molecule has 154 valence electrons. The summed E-state index contributed by atoms with van der Waals surface area (Å²) < 4.78 is 19.5. The minimum Gasteiger partial charge on any atom is -0.490 e. The minimum atomic E-state index is -0.308. The van der Waals surface area contributed by atoms with E-state index in [1.165, 1.54) is 18.9 Å². The van der Waals surface area contributed by atoms with Crippen molar-refractivity contribution in [1.82, 2.24) is 21.1 Å². The van der Waals surface area contributed by atoms with Gasteiger partial charge in [-0.1, -0.05) is 24.7 Å². The molecule has 1 aromatic carbocycles. The Hall–Kier alpha value is -1.77. The number of nitrogens with one attached hydrogen (secondary N) is 3. The second kappa shape index (κ2) is 10.1. The van der Waals surface area contributed by atoms with Crippen molar-refractivity contribution in [2.24, 2.45) is 5.92 Å². The number of urea groups is 1. The standard InChI is InChI=1S/C20H29FN4O2S/c1-14(16-7-8-17(21)18(11-16)27-13-15-5-6-15)24-22-9-3-2-4-10-25-12-19(28)23-20(25)26/h7-8,11,14-15,22,24H,2-6,9-10,12-13H2,1H3,(H,23,26,28). The second-order valence-electron chi connectivity index (χ2n) is 7.57. The first kappa shape index (κ1) is 21.0. The van der Waals surface area contributed by atoms with Crippen LogP contribution < -0.4 is 20.9 Å². The Morgan fingerprint density at radius 3 is 2.89 bits per heavy atom. The van der Waals surface area contributed by atoms with Crippen LogP contribution in [0.1, 0.15) is 50.6 Å². The zero-order valence-electron chi connectivity index (χ0n) is 16.3. The number of amides is 2. The van der Waals surface area contributed by atoms with E-state index in [1.807, 2.05) is 6.92 Å². The Bertz CT molecular complexity index is 699. The molecule has 2 fully saturated rings. The lowest BCUT2D eigenvalue weighted by Gasteiger charge is -2.17. The summed E-state index contributed by atoms with van der Waals surface area (Å²) >= 11 is 5.00. The summed E-state index contributed by atoms with van der Waals surface area (Å²) in [7, 11) is 0. The lowest BCUT2D eigenvalue weighted by Crippen LogP contribution is -2.35. The van der Waals surface area contributed by atoms with E-state index in [2.05, 4.69) is 16.2 Å². The van der Waals surface area contributed by atoms with Gasteiger partial charge in [0.1, 0.15) is 4.99 Å². The maximum Gasteiger partial charge on any atom is 0.322 e. The molecule has 1 aromatic rings. The van der Waals surface area contributed by atoms with Crippen LogP contribution in [0.3, 0.4) is 0 Å². The van der Waals surface area contributed by atoms with E-state index in [-0.39, 0.29) is 17.9 Å². The molecule has 1 unspecified atom stereocenters. The number of ether oxygens (including phenoxy) is 1. The monoisotopic (exact) mass is 408 g/mol. The molecule has 28 heavy (non-hydrogen) atoms. The lowest BCUT2D eigenvalue weighted by atomic mass is 10.1. The van der Waals surface area contributed by atoms with E-state index in [1.54, 1.807) is 17.0 Å². The summed E-state index contributed by atoms with van der Waals surface area (Å²) in [5, 5.41) is 2.64. The van der Waals surface area contributed by atoms with Crippen LogP contribution in [0.25, 0.3) is 0 Å². The molecule has 0 radical (unpaired) electrons. The number of nitrogens with zero attached hydrogens (tertiary/aromatic N) is 1. The Labute approximate surface area is 171 Å². The average molecular weight is 409 g/mol. The Balaban J connectivity index is 1.29. The second-order valence-corrected chi connectivity index (χ2v) is 8.07. The van der Waals surface area contributed by atoms with E-state index in [0.29, 0.717) is 29.8 Å². The molecule has 1 saturated heterocycles. The molecule has 1 saturated carbocycles. The number of carbonyl (C=O) groups excluding carboxylic acids is 1. The van der Waals surface area contributed by atoms with Crippen molar-refractivity contribution < 1.29 is 13.9 Å². The van der Waals surface area contributed by atoms with Gasteiger partial charge in [0.15, 0.2) is 11.6 Å². The third kappa shape index (κ3) is 6.39. The van der Waals surface area contributed by atoms with Gasteiger partial charge in [0, 0.05) is 19.1 Å². The number of unbranched alkanes of at least 4 members (excludes halogenated alkanes) is 2. The summed E-state index contributed by atoms with van der Waals surface area (Å²) in [5.41, 5.74) is 7.45. The van der Waals surface area contributed by atoms with E-state index < -0.39 is 0 Å². The molecule has 0 spiro atoms. The molecular weight excluding hydrogens is 379 g/mol. The van der Waals surface area contributed by atoms with Crippen LogP contribution in [0.2, 0.25) is 0 Å². The molecule has 0 aromatic heterocycles. The molecule has 1 heterocycles. The van der Waals surface area contributed by atoms with E-state index in [4.69, 9.17) is 17.0 Å². The Morgan fingerprint density at radius 1 is 1.36 bits per heavy atom. The fourth-order valence-corrected chi connectivity index (χ4v) is 3.30. The van der Waals surface area contributed by atoms with Crippen LogP contribution in [-0.4, -0.2) is 42.2 Å². The Kier molecular flexibility index (Phi) is 7.58. The summed E-state index contributed by atoms with van der Waals surface area (Å²) in [6, 6.07) is 4.99. The van der Waals surface area contributed by atoms with Gasteiger partial charge in [0.05, 0.1) is 13.2 Å². The van der Waals surface area contributed by atoms with Gasteiger partial charge in [-0.15, -0.1) is 0 Å². The fourth-order valence-electron chi connectivity index (χ4n) is 3.06. The topological polar surface area (TPSA) is 65.6 Å². The SMILES string of the molecule is CC(NNCCCCCN1CC(=S)NC1=O)c1ccc(F)c(OCC2CC2)c1. The number of rotatable bonds is 12. The van der Waals surface area contributed by atoms with Crippen molar-refractivity contribution in [3.05, 3.63) is 29.6 Å². The summed E-state index contributed by atoms with van der Waals surface area (Å²) in [4.78, 5) is 13.9. The number of halogens is 1. The molecule has 3 rings (SSSR count). The van der Waals surface area contributed by atoms with Crippen LogP contribution in [0.15, 0.2) is 18.2 Å². The number of thiocarbonyl (C=S) groups is 1. The van der Waals surface area contributed by atoms with Crippen molar-refractivity contribution in [2.45, 2.75) is 45.1 Å². The van der Waals surface area contributed by atoms with Gasteiger partial charge in [0.25, 0.3) is 0 Å². The molecule has 1 aliphatic heterocycles. The van der Waals surface area contributed by atoms with Crippen LogP contribution in [0.5, 0.6) is 5.75 Å². The van der Waals surface area contributed by atoms with Crippen molar-refractivity contribution in [2.75, 3.05) is 26.2 Å². The molecule has 6 nitrogen and oxygen atoms in total. The minimum absolute atomic E-state index is 0.0400. The first-order valence-corrected chi connectivity index (χ1v) is 10.4. The highest BCUT2D eigenvalue weighted by molar-refractivity contribution is 7.80. The van der Waals surface area contributed by atoms with Crippen LogP contribution in [-0.2, 0) is 0 Å². The van der Waals surface area contributed by atoms with Crippen molar-refractivity contribution in [3.8, 4) is 5.75 Å². The smallest absolute Gasteiger partial charge is 0.322 e. The maximum absolute atomic E-state index is 13.9. The van der Waals surface area contributed by atoms with Crippen molar-refractivity contribution in [1.29, 1.82) is 0 Å². The number of hydrogen-bond donors (Lipinski definition) is 3. The van der Waals surface area contributed by atoms with E-state index >= 15 is 0 Å². The van der Waals surface area contributed by atoms with Crippen molar-refractivity contribution >= 4 is 23.2 Å². The first-order valence-electron chi connectivity index (χ1n) is 10.0. The van der Waals surface area contributed by atoms with Crippen LogP contribution in [0, 0.1) is 11.7 Å². The number of carbonyl (C=O) groups is 1. The molecule has 2 amide bonds. The molecule has 8 heteroatoms. The largest absolute Gasteiger partial charge is 0.490 e. The molecule has 0 bridgehead atoms. The molecule has 1 aliphatic carbocycles. The molecular formula is C20H29FN4O2S. The van der Waals surface area contributed by atoms with Gasteiger partial charge in [-0.25, -0.2) is 9.18 Å². The third-order valence-corrected chi connectivity index (χ3v) is 5.27. The Morgan fingerprint density at radius 2 is 2.18 bits per heavy atom. The highest BCUT2D eigenvalue weighted by Gasteiger charge is 2.23. The highest BCUT2D eigenvalue weighted by Crippen LogP contribution is 2.31. The van der Waals surface area contributed by atoms with Gasteiger partial charge in [-0.3, -0.25) is 10.9 Å². The zero-order valence-corrected chi connectivity index (χ0v) is 17.1. The highest BCUT2D eigenvalue weighted by atomic mass is 32.1. The van der Waals surface area contributed by atoms with Gasteiger partial charge in [-0.2, -0.15) is 0 Å². The number of hydrogen-bond acceptors (Lipinski definition) is 5. The van der Waals surface area contributed by atoms with Crippen molar-refractivity contribution in [3.63, 3.8) is 0 Å². The quantitative estimate of drug-likeness (QED) is 0.281. The maximum atomic E-state index is 13.9. The lowest BCUT2D eigenvalue weighted by molar-refractivity contribution is 0.216. The van der Waals surface area contributed by atoms with Crippen LogP contribution in [0.4, 0.5) is 9.18 Å². The first-order chi connectivity index (χ1) is 13.5. The van der Waals surface area contributed by atoms with Crippen LogP contribution >= 0.6 is 12.2 Å². The summed E-state index contributed by atoms with van der Waals surface area (Å²) in [6.07, 6.45) is 5.34. The predicted molar refractivity (Wildman–Crippen MR) is 111 cm³/mol. The third-order valence-electron chi connectivity index (χ3n) is 5.04. The zero-order chi connectivity index (χ0) is 19.9. The summed E-state index contributed by atoms with van der Waals surface area (Å²) in [5.74, 6) is 0.622. The molecule has 2 aliphatic rings. The molecule has 1 atom stereocenters. The van der Waals surface area contributed by atoms with Gasteiger partial charge >= 0.3 is 6.03 Å². The molecule has 3 N–H and O–H groups in total. The average Bonchev–Trinajstić information content (AvgIpc) is 3.44. The van der Waals surface area contributed by atoms with Gasteiger partial charge in [0.2, 0.25) is 0 Å². The van der Waals surface area contributed by atoms with E-state index in [0.717, 1.165) is 37.9 Å². The number of hydrazine groups is 1.